The Morgan fingerprint density at radius 3 is 2.79 bits per heavy atom. The van der Waals surface area contributed by atoms with Crippen molar-refractivity contribution < 1.29 is 9.53 Å². The number of nitrogens with one attached hydrogen (secondary N) is 1. The maximum Gasteiger partial charge on any atom is 0.226 e. The number of benzene rings is 1. The second kappa shape index (κ2) is 5.17. The van der Waals surface area contributed by atoms with Crippen molar-refractivity contribution in [2.75, 3.05) is 12.4 Å². The molecule has 1 heterocycles. The van der Waals surface area contributed by atoms with Crippen molar-refractivity contribution in [3.05, 3.63) is 18.2 Å². The zero-order chi connectivity index (χ0) is 14.0. The largest absolute Gasteiger partial charge is 0.497 e. The molecule has 2 aromatic rings. The predicted molar refractivity (Wildman–Crippen MR) is 78.9 cm³/mol. The molecule has 0 bridgehead atoms. The van der Waals surface area contributed by atoms with Crippen molar-refractivity contribution in [2.24, 2.45) is 5.41 Å². The minimum absolute atomic E-state index is 0.00137. The molecule has 0 aliphatic rings. The standard InChI is InChI=1S/C14H18N2O2S/c1-14(2,3)8-12(17)16-13-15-10-6-5-9(18-4)7-11(10)19-13/h5-7H,8H2,1-4H3,(H,15,16,17). The molecule has 0 radical (unpaired) electrons. The summed E-state index contributed by atoms with van der Waals surface area (Å²) in [4.78, 5) is 16.2. The Balaban J connectivity index is 2.15. The van der Waals surface area contributed by atoms with Gasteiger partial charge in [0.05, 0.1) is 17.3 Å². The van der Waals surface area contributed by atoms with Crippen molar-refractivity contribution in [3.63, 3.8) is 0 Å². The molecule has 1 amide bonds. The molecular weight excluding hydrogens is 260 g/mol. The van der Waals surface area contributed by atoms with Crippen molar-refractivity contribution >= 4 is 32.6 Å². The first-order chi connectivity index (χ1) is 8.87. The Hall–Kier alpha value is -1.62. The first-order valence-corrected chi connectivity index (χ1v) is 6.93. The second-order valence-corrected chi connectivity index (χ2v) is 6.67. The maximum atomic E-state index is 11.9. The van der Waals surface area contributed by atoms with E-state index in [1.54, 1.807) is 7.11 Å². The van der Waals surface area contributed by atoms with Crippen LogP contribution in [0.5, 0.6) is 5.75 Å². The van der Waals surface area contributed by atoms with Crippen LogP contribution in [0.4, 0.5) is 5.13 Å². The van der Waals surface area contributed by atoms with E-state index in [0.29, 0.717) is 11.6 Å². The van der Waals surface area contributed by atoms with E-state index in [1.165, 1.54) is 11.3 Å². The van der Waals surface area contributed by atoms with E-state index in [1.807, 2.05) is 39.0 Å². The monoisotopic (exact) mass is 278 g/mol. The van der Waals surface area contributed by atoms with Crippen molar-refractivity contribution in [1.82, 2.24) is 4.98 Å². The van der Waals surface area contributed by atoms with Gasteiger partial charge in [0.25, 0.3) is 0 Å². The van der Waals surface area contributed by atoms with Gasteiger partial charge in [-0.2, -0.15) is 0 Å². The summed E-state index contributed by atoms with van der Waals surface area (Å²) in [6.07, 6.45) is 0.478. The first kappa shape index (κ1) is 13.8. The lowest BCUT2D eigenvalue weighted by molar-refractivity contribution is -0.117. The third-order valence-corrected chi connectivity index (χ3v) is 3.47. The SMILES string of the molecule is COc1ccc2nc(NC(=O)CC(C)(C)C)sc2c1. The molecule has 0 spiro atoms. The van der Waals surface area contributed by atoms with Crippen LogP contribution in [-0.4, -0.2) is 18.0 Å². The average Bonchev–Trinajstić information content (AvgIpc) is 2.66. The lowest BCUT2D eigenvalue weighted by atomic mass is 9.92. The number of hydrogen-bond donors (Lipinski definition) is 1. The lowest BCUT2D eigenvalue weighted by Gasteiger charge is -2.16. The van der Waals surface area contributed by atoms with Gasteiger partial charge in [0, 0.05) is 6.42 Å². The predicted octanol–water partition coefficient (Wildman–Crippen LogP) is 3.68. The molecule has 0 saturated heterocycles. The van der Waals surface area contributed by atoms with Crippen LogP contribution in [0.25, 0.3) is 10.2 Å². The number of nitrogens with zero attached hydrogens (tertiary/aromatic N) is 1. The summed E-state index contributed by atoms with van der Waals surface area (Å²) in [5, 5.41) is 3.49. The molecule has 0 atom stereocenters. The highest BCUT2D eigenvalue weighted by molar-refractivity contribution is 7.22. The fraction of sp³-hybridized carbons (Fsp3) is 0.429. The van der Waals surface area contributed by atoms with E-state index in [0.717, 1.165) is 16.0 Å². The summed E-state index contributed by atoms with van der Waals surface area (Å²) in [5.74, 6) is 0.794. The van der Waals surface area contributed by atoms with Crippen molar-refractivity contribution in [1.29, 1.82) is 0 Å². The summed E-state index contributed by atoms with van der Waals surface area (Å²) in [6.45, 7) is 6.11. The number of methoxy groups -OCH3 is 1. The van der Waals surface area contributed by atoms with Gasteiger partial charge in [-0.1, -0.05) is 32.1 Å². The molecule has 2 rings (SSSR count). The van der Waals surface area contributed by atoms with Crippen LogP contribution in [-0.2, 0) is 4.79 Å². The molecule has 1 N–H and O–H groups in total. The van der Waals surface area contributed by atoms with Gasteiger partial charge >= 0.3 is 0 Å². The average molecular weight is 278 g/mol. The minimum atomic E-state index is -0.0238. The minimum Gasteiger partial charge on any atom is -0.497 e. The Kier molecular flexibility index (Phi) is 3.75. The molecule has 0 aliphatic carbocycles. The van der Waals surface area contributed by atoms with E-state index < -0.39 is 0 Å². The lowest BCUT2D eigenvalue weighted by Crippen LogP contribution is -2.19. The number of amides is 1. The summed E-state index contributed by atoms with van der Waals surface area (Å²) in [5.41, 5.74) is 0.848. The maximum absolute atomic E-state index is 11.9. The third kappa shape index (κ3) is 3.67. The highest BCUT2D eigenvalue weighted by Crippen LogP contribution is 2.29. The fourth-order valence-corrected chi connectivity index (χ4v) is 2.64. The molecule has 0 fully saturated rings. The Labute approximate surface area is 116 Å². The molecule has 19 heavy (non-hydrogen) atoms. The number of carbonyl (C=O) groups is 1. The van der Waals surface area contributed by atoms with Gasteiger partial charge < -0.3 is 10.1 Å². The number of rotatable bonds is 3. The van der Waals surface area contributed by atoms with Gasteiger partial charge in [-0.05, 0) is 23.6 Å². The molecule has 5 heteroatoms. The Morgan fingerprint density at radius 2 is 2.16 bits per heavy atom. The fourth-order valence-electron chi connectivity index (χ4n) is 1.73. The van der Waals surface area contributed by atoms with E-state index >= 15 is 0 Å². The topological polar surface area (TPSA) is 51.2 Å². The number of fused-ring (bicyclic) bond motifs is 1. The molecule has 1 aromatic heterocycles. The molecule has 0 aliphatic heterocycles. The van der Waals surface area contributed by atoms with E-state index in [9.17, 15) is 4.79 Å². The summed E-state index contributed by atoms with van der Waals surface area (Å²) >= 11 is 1.46. The van der Waals surface area contributed by atoms with Crippen molar-refractivity contribution in [2.45, 2.75) is 27.2 Å². The van der Waals surface area contributed by atoms with Crippen molar-refractivity contribution in [3.8, 4) is 5.75 Å². The van der Waals surface area contributed by atoms with E-state index in [2.05, 4.69) is 10.3 Å². The zero-order valence-corrected chi connectivity index (χ0v) is 12.4. The number of aromatic nitrogens is 1. The van der Waals surface area contributed by atoms with Crippen LogP contribution < -0.4 is 10.1 Å². The second-order valence-electron chi connectivity index (χ2n) is 5.64. The van der Waals surface area contributed by atoms with Crippen LogP contribution >= 0.6 is 11.3 Å². The van der Waals surface area contributed by atoms with Crippen LogP contribution in [0, 0.1) is 5.41 Å². The number of ether oxygens (including phenoxy) is 1. The summed E-state index contributed by atoms with van der Waals surface area (Å²) in [6, 6.07) is 5.68. The van der Waals surface area contributed by atoms with Crippen LogP contribution in [0.3, 0.4) is 0 Å². The first-order valence-electron chi connectivity index (χ1n) is 6.12. The summed E-state index contributed by atoms with van der Waals surface area (Å²) in [7, 11) is 1.63. The molecule has 4 nitrogen and oxygen atoms in total. The quantitative estimate of drug-likeness (QED) is 0.931. The zero-order valence-electron chi connectivity index (χ0n) is 11.6. The van der Waals surface area contributed by atoms with Crippen LogP contribution in [0.15, 0.2) is 18.2 Å². The molecule has 102 valence electrons. The van der Waals surface area contributed by atoms with Gasteiger partial charge in [0.2, 0.25) is 5.91 Å². The van der Waals surface area contributed by atoms with Gasteiger partial charge in [-0.15, -0.1) is 0 Å². The van der Waals surface area contributed by atoms with E-state index in [4.69, 9.17) is 4.74 Å². The van der Waals surface area contributed by atoms with Gasteiger partial charge in [0.15, 0.2) is 5.13 Å². The molecule has 0 saturated carbocycles. The number of hydrogen-bond acceptors (Lipinski definition) is 4. The molecular formula is C14H18N2O2S. The molecule has 1 aromatic carbocycles. The third-order valence-electron chi connectivity index (χ3n) is 2.53. The van der Waals surface area contributed by atoms with E-state index in [-0.39, 0.29) is 11.3 Å². The van der Waals surface area contributed by atoms with Gasteiger partial charge in [0.1, 0.15) is 5.75 Å². The number of carbonyl (C=O) groups excluding carboxylic acids is 1. The Bertz CT molecular complexity index is 599. The van der Waals surface area contributed by atoms with Gasteiger partial charge in [-0.3, -0.25) is 4.79 Å². The number of anilines is 1. The summed E-state index contributed by atoms with van der Waals surface area (Å²) < 4.78 is 6.18. The normalized spacial score (nSPS) is 11.6. The van der Waals surface area contributed by atoms with Gasteiger partial charge in [-0.25, -0.2) is 4.98 Å². The Morgan fingerprint density at radius 1 is 1.42 bits per heavy atom. The number of thiazole rings is 1. The smallest absolute Gasteiger partial charge is 0.226 e. The molecule has 0 unspecified atom stereocenters. The highest BCUT2D eigenvalue weighted by atomic mass is 32.1. The van der Waals surface area contributed by atoms with Crippen LogP contribution in [0.2, 0.25) is 0 Å². The van der Waals surface area contributed by atoms with Crippen LogP contribution in [0.1, 0.15) is 27.2 Å². The highest BCUT2D eigenvalue weighted by Gasteiger charge is 2.17.